The van der Waals surface area contributed by atoms with E-state index in [1.165, 1.54) is 4.90 Å². The highest BCUT2D eigenvalue weighted by Gasteiger charge is 2.36. The van der Waals surface area contributed by atoms with Crippen molar-refractivity contribution in [3.05, 3.63) is 24.9 Å². The number of likely N-dealkylation sites (tertiary alicyclic amines) is 1. The molecule has 3 rings (SSSR count). The summed E-state index contributed by atoms with van der Waals surface area (Å²) in [6.45, 7) is 7.03. The SMILES string of the molecule is C=CCN1CC[C@@H](N(C)C(=O)Nc2ccnn2C[C@H]2CCOC2)C1=O. The van der Waals surface area contributed by atoms with Crippen LogP contribution in [0.4, 0.5) is 10.6 Å². The number of rotatable bonds is 6. The third kappa shape index (κ3) is 3.84. The molecule has 2 atom stereocenters. The van der Waals surface area contributed by atoms with Gasteiger partial charge in [-0.25, -0.2) is 9.48 Å². The number of nitrogens with one attached hydrogen (secondary N) is 1. The summed E-state index contributed by atoms with van der Waals surface area (Å²) >= 11 is 0. The normalized spacial score (nSPS) is 23.1. The Kier molecular flexibility index (Phi) is 5.37. The van der Waals surface area contributed by atoms with E-state index in [1.54, 1.807) is 35.0 Å². The van der Waals surface area contributed by atoms with Gasteiger partial charge in [-0.05, 0) is 12.8 Å². The number of aromatic nitrogens is 2. The van der Waals surface area contributed by atoms with Gasteiger partial charge in [0.05, 0.1) is 12.8 Å². The highest BCUT2D eigenvalue weighted by molar-refractivity contribution is 5.93. The minimum atomic E-state index is -0.431. The smallest absolute Gasteiger partial charge is 0.323 e. The molecule has 0 radical (unpaired) electrons. The molecule has 1 aromatic rings. The molecule has 0 spiro atoms. The first-order chi connectivity index (χ1) is 12.1. The van der Waals surface area contributed by atoms with Gasteiger partial charge in [-0.3, -0.25) is 10.1 Å². The topological polar surface area (TPSA) is 79.7 Å². The molecule has 1 N–H and O–H groups in total. The van der Waals surface area contributed by atoms with Gasteiger partial charge in [0, 0.05) is 45.3 Å². The van der Waals surface area contributed by atoms with Gasteiger partial charge in [0.25, 0.3) is 0 Å². The van der Waals surface area contributed by atoms with E-state index in [2.05, 4.69) is 17.0 Å². The van der Waals surface area contributed by atoms with E-state index in [4.69, 9.17) is 4.74 Å². The molecule has 3 amide bonds. The molecule has 2 fully saturated rings. The molecule has 2 aliphatic heterocycles. The average molecular weight is 347 g/mol. The lowest BCUT2D eigenvalue weighted by atomic mass is 10.1. The Morgan fingerprint density at radius 2 is 2.40 bits per heavy atom. The zero-order chi connectivity index (χ0) is 17.8. The van der Waals surface area contributed by atoms with Crippen LogP contribution in [-0.2, 0) is 16.1 Å². The van der Waals surface area contributed by atoms with Gasteiger partial charge in [-0.1, -0.05) is 6.08 Å². The number of anilines is 1. The van der Waals surface area contributed by atoms with Crippen LogP contribution in [0.25, 0.3) is 0 Å². The molecule has 8 nitrogen and oxygen atoms in total. The summed E-state index contributed by atoms with van der Waals surface area (Å²) in [5.74, 6) is 1.02. The molecule has 136 valence electrons. The summed E-state index contributed by atoms with van der Waals surface area (Å²) in [5.41, 5.74) is 0. The second kappa shape index (κ2) is 7.69. The largest absolute Gasteiger partial charge is 0.381 e. The Hall–Kier alpha value is -2.35. The fraction of sp³-hybridized carbons (Fsp3) is 0.588. The van der Waals surface area contributed by atoms with Crippen molar-refractivity contribution in [1.82, 2.24) is 19.6 Å². The average Bonchev–Trinajstić information content (AvgIpc) is 3.32. The predicted octanol–water partition coefficient (Wildman–Crippen LogP) is 1.17. The third-order valence-corrected chi connectivity index (χ3v) is 4.81. The fourth-order valence-electron chi connectivity index (χ4n) is 3.31. The van der Waals surface area contributed by atoms with Gasteiger partial charge in [-0.2, -0.15) is 5.10 Å². The van der Waals surface area contributed by atoms with Crippen LogP contribution in [0, 0.1) is 5.92 Å². The Balaban J connectivity index is 1.59. The van der Waals surface area contributed by atoms with Gasteiger partial charge < -0.3 is 14.5 Å². The number of hydrogen-bond donors (Lipinski definition) is 1. The van der Waals surface area contributed by atoms with E-state index < -0.39 is 6.04 Å². The Bertz CT molecular complexity index is 638. The first-order valence-electron chi connectivity index (χ1n) is 8.63. The van der Waals surface area contributed by atoms with E-state index in [0.717, 1.165) is 19.6 Å². The number of hydrogen-bond acceptors (Lipinski definition) is 4. The van der Waals surface area contributed by atoms with Crippen molar-refractivity contribution in [2.75, 3.05) is 38.7 Å². The van der Waals surface area contributed by atoms with Gasteiger partial charge in [-0.15, -0.1) is 6.58 Å². The lowest BCUT2D eigenvalue weighted by molar-refractivity contribution is -0.130. The van der Waals surface area contributed by atoms with Gasteiger partial charge in [0.1, 0.15) is 11.9 Å². The molecule has 0 saturated carbocycles. The number of urea groups is 1. The Labute approximate surface area is 147 Å². The molecule has 25 heavy (non-hydrogen) atoms. The first-order valence-corrected chi connectivity index (χ1v) is 8.63. The summed E-state index contributed by atoms with van der Waals surface area (Å²) in [7, 11) is 1.65. The Morgan fingerprint density at radius 1 is 1.56 bits per heavy atom. The zero-order valence-electron chi connectivity index (χ0n) is 14.6. The quantitative estimate of drug-likeness (QED) is 0.784. The lowest BCUT2D eigenvalue weighted by Crippen LogP contribution is -2.45. The lowest BCUT2D eigenvalue weighted by Gasteiger charge is -2.24. The van der Waals surface area contributed by atoms with Crippen molar-refractivity contribution in [3.63, 3.8) is 0 Å². The van der Waals surface area contributed by atoms with Crippen molar-refractivity contribution in [3.8, 4) is 0 Å². The fourth-order valence-corrected chi connectivity index (χ4v) is 3.31. The number of amides is 3. The van der Waals surface area contributed by atoms with Crippen molar-refractivity contribution in [1.29, 1.82) is 0 Å². The first kappa shape index (κ1) is 17.5. The molecule has 1 aromatic heterocycles. The van der Waals surface area contributed by atoms with E-state index in [1.807, 2.05) is 0 Å². The Morgan fingerprint density at radius 3 is 3.12 bits per heavy atom. The summed E-state index contributed by atoms with van der Waals surface area (Å²) in [6, 6.07) is 1.03. The highest BCUT2D eigenvalue weighted by Crippen LogP contribution is 2.19. The van der Waals surface area contributed by atoms with Crippen LogP contribution < -0.4 is 5.32 Å². The maximum Gasteiger partial charge on any atom is 0.323 e. The number of carbonyl (C=O) groups excluding carboxylic acids is 2. The molecule has 2 saturated heterocycles. The highest BCUT2D eigenvalue weighted by atomic mass is 16.5. The minimum Gasteiger partial charge on any atom is -0.381 e. The van der Waals surface area contributed by atoms with Gasteiger partial charge in [0.15, 0.2) is 0 Å². The molecule has 3 heterocycles. The molecular weight excluding hydrogens is 322 g/mol. The predicted molar refractivity (Wildman–Crippen MR) is 93.1 cm³/mol. The summed E-state index contributed by atoms with van der Waals surface area (Å²) in [5, 5.41) is 7.15. The molecule has 8 heteroatoms. The maximum absolute atomic E-state index is 12.6. The van der Waals surface area contributed by atoms with E-state index in [0.29, 0.717) is 37.8 Å². The summed E-state index contributed by atoms with van der Waals surface area (Å²) < 4.78 is 7.17. The summed E-state index contributed by atoms with van der Waals surface area (Å²) in [6.07, 6.45) is 5.00. The molecule has 0 aliphatic carbocycles. The number of likely N-dealkylation sites (N-methyl/N-ethyl adjacent to an activating group) is 1. The standard InChI is InChI=1S/C17H25N5O3/c1-3-8-21-9-5-14(16(21)23)20(2)17(24)19-15-4-7-18-22(15)11-13-6-10-25-12-13/h3-4,7,13-14H,1,5-6,8-12H2,2H3,(H,19,24)/t13-,14-/m1/s1. The number of ether oxygens (including phenoxy) is 1. The van der Waals surface area contributed by atoms with Crippen molar-refractivity contribution < 1.29 is 14.3 Å². The summed E-state index contributed by atoms with van der Waals surface area (Å²) in [4.78, 5) is 28.1. The van der Waals surface area contributed by atoms with Gasteiger partial charge >= 0.3 is 6.03 Å². The molecule has 0 unspecified atom stereocenters. The van der Waals surface area contributed by atoms with Crippen molar-refractivity contribution in [2.45, 2.75) is 25.4 Å². The maximum atomic E-state index is 12.6. The second-order valence-electron chi connectivity index (χ2n) is 6.55. The zero-order valence-corrected chi connectivity index (χ0v) is 14.6. The molecule has 0 bridgehead atoms. The monoisotopic (exact) mass is 347 g/mol. The van der Waals surface area contributed by atoms with Crippen LogP contribution in [0.1, 0.15) is 12.8 Å². The van der Waals surface area contributed by atoms with Crippen LogP contribution in [-0.4, -0.2) is 70.9 Å². The molecule has 2 aliphatic rings. The van der Waals surface area contributed by atoms with Gasteiger partial charge in [0.2, 0.25) is 5.91 Å². The second-order valence-corrected chi connectivity index (χ2v) is 6.55. The van der Waals surface area contributed by atoms with Crippen LogP contribution in [0.5, 0.6) is 0 Å². The van der Waals surface area contributed by atoms with Crippen LogP contribution in [0.2, 0.25) is 0 Å². The minimum absolute atomic E-state index is 0.0332. The van der Waals surface area contributed by atoms with Crippen molar-refractivity contribution >= 4 is 17.8 Å². The molecular formula is C17H25N5O3. The number of carbonyl (C=O) groups is 2. The van der Waals surface area contributed by atoms with E-state index in [-0.39, 0.29) is 11.9 Å². The molecule has 0 aromatic carbocycles. The third-order valence-electron chi connectivity index (χ3n) is 4.81. The van der Waals surface area contributed by atoms with Crippen LogP contribution in [0.3, 0.4) is 0 Å². The van der Waals surface area contributed by atoms with E-state index in [9.17, 15) is 9.59 Å². The number of nitrogens with zero attached hydrogens (tertiary/aromatic N) is 4. The van der Waals surface area contributed by atoms with E-state index >= 15 is 0 Å². The van der Waals surface area contributed by atoms with Crippen LogP contribution in [0.15, 0.2) is 24.9 Å². The van der Waals surface area contributed by atoms with Crippen LogP contribution >= 0.6 is 0 Å². The van der Waals surface area contributed by atoms with Crippen molar-refractivity contribution in [2.24, 2.45) is 5.92 Å².